The Bertz CT molecular complexity index is 974. The highest BCUT2D eigenvalue weighted by Crippen LogP contribution is 2.27. The van der Waals surface area contributed by atoms with Crippen LogP contribution in [0.2, 0.25) is 0 Å². The Balaban J connectivity index is 2.09. The molecule has 0 spiro atoms. The number of carbonyl (C=O) groups is 1. The number of amides is 1. The van der Waals surface area contributed by atoms with Crippen molar-refractivity contribution in [2.75, 3.05) is 23.4 Å². The molecule has 156 valence electrons. The number of nitrogens with one attached hydrogen (secondary N) is 3. The standard InChI is InChI=1S/C15H22N4O7S2/c1-10(2)18-28(25,26)12-3-4-13(14(7-12)19(21)22)16-8-15(20)17-11-5-6-27(23,24)9-11/h3-4,7,10-11,16,18H,5-6,8-9H2,1-2H3,(H,17,20)/t11-/m1/s1. The zero-order valence-corrected chi connectivity index (χ0v) is 17.0. The smallest absolute Gasteiger partial charge is 0.293 e. The predicted molar refractivity (Wildman–Crippen MR) is 102 cm³/mol. The van der Waals surface area contributed by atoms with E-state index in [1.54, 1.807) is 13.8 Å². The van der Waals surface area contributed by atoms with E-state index >= 15 is 0 Å². The van der Waals surface area contributed by atoms with Crippen molar-refractivity contribution in [2.45, 2.75) is 37.2 Å². The molecule has 28 heavy (non-hydrogen) atoms. The number of sulfonamides is 1. The second-order valence-electron chi connectivity index (χ2n) is 6.73. The van der Waals surface area contributed by atoms with Crippen molar-refractivity contribution in [1.29, 1.82) is 0 Å². The van der Waals surface area contributed by atoms with E-state index in [0.717, 1.165) is 6.07 Å². The van der Waals surface area contributed by atoms with Gasteiger partial charge in [-0.05, 0) is 32.4 Å². The van der Waals surface area contributed by atoms with Gasteiger partial charge in [-0.15, -0.1) is 0 Å². The molecule has 0 saturated carbocycles. The van der Waals surface area contributed by atoms with Crippen LogP contribution in [0.25, 0.3) is 0 Å². The lowest BCUT2D eigenvalue weighted by Gasteiger charge is -2.13. The lowest BCUT2D eigenvalue weighted by atomic mass is 10.2. The van der Waals surface area contributed by atoms with Gasteiger partial charge in [0.25, 0.3) is 5.69 Å². The molecule has 0 aromatic heterocycles. The Morgan fingerprint density at radius 1 is 1.36 bits per heavy atom. The Morgan fingerprint density at radius 3 is 2.57 bits per heavy atom. The Hall–Kier alpha value is -2.25. The summed E-state index contributed by atoms with van der Waals surface area (Å²) in [5, 5.41) is 16.4. The third kappa shape index (κ3) is 5.87. The average molecular weight is 434 g/mol. The number of carbonyl (C=O) groups excluding carboxylic acids is 1. The molecule has 1 fully saturated rings. The van der Waals surface area contributed by atoms with Gasteiger partial charge in [0.15, 0.2) is 9.84 Å². The zero-order valence-electron chi connectivity index (χ0n) is 15.3. The summed E-state index contributed by atoms with van der Waals surface area (Å²) in [5.41, 5.74) is -0.523. The minimum Gasteiger partial charge on any atom is -0.371 e. The lowest BCUT2D eigenvalue weighted by molar-refractivity contribution is -0.384. The van der Waals surface area contributed by atoms with Gasteiger partial charge in [0.05, 0.1) is 27.9 Å². The number of nitro benzene ring substituents is 1. The van der Waals surface area contributed by atoms with Gasteiger partial charge in [-0.2, -0.15) is 0 Å². The summed E-state index contributed by atoms with van der Waals surface area (Å²) < 4.78 is 49.5. The van der Waals surface area contributed by atoms with E-state index in [1.807, 2.05) is 0 Å². The van der Waals surface area contributed by atoms with E-state index in [-0.39, 0.29) is 34.7 Å². The van der Waals surface area contributed by atoms with Crippen LogP contribution in [0.4, 0.5) is 11.4 Å². The van der Waals surface area contributed by atoms with Crippen molar-refractivity contribution < 1.29 is 26.6 Å². The van der Waals surface area contributed by atoms with E-state index in [1.165, 1.54) is 12.1 Å². The zero-order chi connectivity index (χ0) is 21.1. The molecule has 3 N–H and O–H groups in total. The van der Waals surface area contributed by atoms with Gasteiger partial charge < -0.3 is 10.6 Å². The molecule has 11 nitrogen and oxygen atoms in total. The van der Waals surface area contributed by atoms with Crippen LogP contribution in [0.3, 0.4) is 0 Å². The van der Waals surface area contributed by atoms with Crippen molar-refractivity contribution in [3.63, 3.8) is 0 Å². The number of rotatable bonds is 8. The number of anilines is 1. The van der Waals surface area contributed by atoms with Crippen LogP contribution < -0.4 is 15.4 Å². The van der Waals surface area contributed by atoms with Gasteiger partial charge in [0, 0.05) is 18.2 Å². The predicted octanol–water partition coefficient (Wildman–Crippen LogP) is -0.00330. The third-order valence-corrected chi connectivity index (χ3v) is 7.33. The van der Waals surface area contributed by atoms with Crippen LogP contribution >= 0.6 is 0 Å². The minimum atomic E-state index is -3.91. The largest absolute Gasteiger partial charge is 0.371 e. The first-order valence-electron chi connectivity index (χ1n) is 8.44. The van der Waals surface area contributed by atoms with E-state index in [4.69, 9.17) is 0 Å². The first kappa shape index (κ1) is 22.0. The Morgan fingerprint density at radius 2 is 2.04 bits per heavy atom. The molecule has 2 rings (SSSR count). The summed E-state index contributed by atoms with van der Waals surface area (Å²) in [6.45, 7) is 2.92. The quantitative estimate of drug-likeness (QED) is 0.380. The number of hydrogen-bond acceptors (Lipinski definition) is 8. The van der Waals surface area contributed by atoms with Crippen LogP contribution in [-0.4, -0.2) is 57.8 Å². The summed E-state index contributed by atoms with van der Waals surface area (Å²) in [5.74, 6) is -0.638. The highest BCUT2D eigenvalue weighted by atomic mass is 32.2. The molecule has 1 aromatic carbocycles. The lowest BCUT2D eigenvalue weighted by Crippen LogP contribution is -2.39. The maximum absolute atomic E-state index is 12.2. The first-order chi connectivity index (χ1) is 12.9. The number of sulfone groups is 1. The normalized spacial score (nSPS) is 18.8. The molecule has 0 radical (unpaired) electrons. The monoisotopic (exact) mass is 434 g/mol. The van der Waals surface area contributed by atoms with Crippen molar-refractivity contribution in [2.24, 2.45) is 0 Å². The fourth-order valence-corrected chi connectivity index (χ4v) is 5.66. The fraction of sp³-hybridized carbons (Fsp3) is 0.533. The Labute approximate surface area is 163 Å². The molecule has 1 amide bonds. The molecule has 0 aliphatic carbocycles. The van der Waals surface area contributed by atoms with Gasteiger partial charge in [0.2, 0.25) is 15.9 Å². The fourth-order valence-electron chi connectivity index (χ4n) is 2.72. The summed E-state index contributed by atoms with van der Waals surface area (Å²) in [6, 6.07) is 2.45. The van der Waals surface area contributed by atoms with Gasteiger partial charge in [-0.25, -0.2) is 21.6 Å². The van der Waals surface area contributed by atoms with Gasteiger partial charge >= 0.3 is 0 Å². The molecular weight excluding hydrogens is 412 g/mol. The molecule has 0 bridgehead atoms. The maximum Gasteiger partial charge on any atom is 0.293 e. The topological polar surface area (TPSA) is 165 Å². The van der Waals surface area contributed by atoms with Crippen LogP contribution in [0.5, 0.6) is 0 Å². The van der Waals surface area contributed by atoms with Gasteiger partial charge in [0.1, 0.15) is 5.69 Å². The number of hydrogen-bond donors (Lipinski definition) is 3. The highest BCUT2D eigenvalue weighted by molar-refractivity contribution is 7.91. The molecular formula is C15H22N4O7S2. The minimum absolute atomic E-state index is 0.0111. The molecule has 1 aliphatic heterocycles. The number of nitrogens with zero attached hydrogens (tertiary/aromatic N) is 1. The number of benzene rings is 1. The molecule has 1 aromatic rings. The van der Waals surface area contributed by atoms with Crippen LogP contribution in [-0.2, 0) is 24.7 Å². The molecule has 13 heteroatoms. The van der Waals surface area contributed by atoms with Crippen LogP contribution in [0.1, 0.15) is 20.3 Å². The van der Waals surface area contributed by atoms with E-state index in [2.05, 4.69) is 15.4 Å². The summed E-state index contributed by atoms with van der Waals surface area (Å²) >= 11 is 0. The second kappa shape index (κ2) is 8.41. The van der Waals surface area contributed by atoms with Crippen molar-refractivity contribution in [3.8, 4) is 0 Å². The first-order valence-corrected chi connectivity index (χ1v) is 11.7. The van der Waals surface area contributed by atoms with Gasteiger partial charge in [-0.3, -0.25) is 14.9 Å². The number of nitro groups is 1. The summed E-state index contributed by atoms with van der Waals surface area (Å²) in [7, 11) is -7.05. The molecule has 1 aliphatic rings. The average Bonchev–Trinajstić information content (AvgIpc) is 2.90. The SMILES string of the molecule is CC(C)NS(=O)(=O)c1ccc(NCC(=O)N[C@@H]2CCS(=O)(=O)C2)c([N+](=O)[O-])c1. The van der Waals surface area contributed by atoms with Crippen molar-refractivity contribution >= 4 is 37.1 Å². The summed E-state index contributed by atoms with van der Waals surface area (Å²) in [6.07, 6.45) is 0.323. The van der Waals surface area contributed by atoms with Crippen LogP contribution in [0, 0.1) is 10.1 Å². The highest BCUT2D eigenvalue weighted by Gasteiger charge is 2.29. The molecule has 0 unspecified atom stereocenters. The van der Waals surface area contributed by atoms with E-state index < -0.39 is 42.4 Å². The molecule has 1 heterocycles. The summed E-state index contributed by atoms with van der Waals surface area (Å²) in [4.78, 5) is 22.3. The molecule has 1 atom stereocenters. The van der Waals surface area contributed by atoms with Crippen molar-refractivity contribution in [3.05, 3.63) is 28.3 Å². The van der Waals surface area contributed by atoms with Gasteiger partial charge in [-0.1, -0.05) is 0 Å². The van der Waals surface area contributed by atoms with Crippen LogP contribution in [0.15, 0.2) is 23.1 Å². The third-order valence-electron chi connectivity index (χ3n) is 3.90. The molecule has 1 saturated heterocycles. The van der Waals surface area contributed by atoms with E-state index in [9.17, 15) is 31.7 Å². The van der Waals surface area contributed by atoms with E-state index in [0.29, 0.717) is 6.42 Å². The second-order valence-corrected chi connectivity index (χ2v) is 10.7. The van der Waals surface area contributed by atoms with Crippen molar-refractivity contribution in [1.82, 2.24) is 10.0 Å². The Kier molecular flexibility index (Phi) is 6.62. The maximum atomic E-state index is 12.2.